The van der Waals surface area contributed by atoms with Gasteiger partial charge in [-0.25, -0.2) is 0 Å². The van der Waals surface area contributed by atoms with Gasteiger partial charge < -0.3 is 5.32 Å². The minimum Gasteiger partial charge on any atom is -0.367 e. The Balaban J connectivity index is 1.97. The maximum Gasteiger partial charge on any atom is 0.166 e. The molecule has 4 nitrogen and oxygen atoms in total. The Kier molecular flexibility index (Phi) is 2.31. The van der Waals surface area contributed by atoms with Crippen LogP contribution in [0.5, 0.6) is 0 Å². The highest BCUT2D eigenvalue weighted by Gasteiger charge is 2.45. The number of nitrogens with zero attached hydrogens (tertiary/aromatic N) is 3. The summed E-state index contributed by atoms with van der Waals surface area (Å²) in [5, 5.41) is 19.7. The van der Waals surface area contributed by atoms with Crippen LogP contribution in [0, 0.1) is 22.7 Å². The smallest absolute Gasteiger partial charge is 0.166 e. The first-order valence-corrected chi connectivity index (χ1v) is 5.09. The second-order valence-electron chi connectivity index (χ2n) is 4.68. The van der Waals surface area contributed by atoms with E-state index in [0.29, 0.717) is 22.7 Å². The molecule has 0 aromatic carbocycles. The van der Waals surface area contributed by atoms with E-state index in [1.807, 2.05) is 0 Å². The molecule has 0 amide bonds. The van der Waals surface area contributed by atoms with Crippen LogP contribution in [-0.2, 0) is 0 Å². The van der Waals surface area contributed by atoms with Crippen LogP contribution < -0.4 is 5.32 Å². The highest BCUT2D eigenvalue weighted by atomic mass is 15.2. The molecule has 1 unspecified atom stereocenters. The maximum atomic E-state index is 8.84. The van der Waals surface area contributed by atoms with Crippen molar-refractivity contribution in [2.75, 3.05) is 11.9 Å². The average Bonchev–Trinajstić information content (AvgIpc) is 2.84. The van der Waals surface area contributed by atoms with Gasteiger partial charge in [0.2, 0.25) is 0 Å². The van der Waals surface area contributed by atoms with Crippen molar-refractivity contribution in [1.82, 2.24) is 10.2 Å². The Morgan fingerprint density at radius 1 is 1.67 bits per heavy atom. The third-order valence-electron chi connectivity index (χ3n) is 3.07. The standard InChI is InChI=1S/C11H14N4/c1-11(2)5-9(11)7-13-10-8(6-12)3-4-14-15-10/h3-4,9H,5,7H2,1-2H3,(H,13,15). The van der Waals surface area contributed by atoms with Gasteiger partial charge in [-0.2, -0.15) is 10.4 Å². The molecule has 1 aromatic rings. The molecule has 1 fully saturated rings. The zero-order valence-electron chi connectivity index (χ0n) is 8.99. The molecule has 0 bridgehead atoms. The molecule has 1 aliphatic rings. The lowest BCUT2D eigenvalue weighted by Gasteiger charge is -2.06. The lowest BCUT2D eigenvalue weighted by Crippen LogP contribution is -2.10. The van der Waals surface area contributed by atoms with Crippen molar-refractivity contribution < 1.29 is 0 Å². The first-order valence-electron chi connectivity index (χ1n) is 5.09. The molecule has 0 radical (unpaired) electrons. The highest BCUT2D eigenvalue weighted by Crippen LogP contribution is 2.51. The zero-order valence-corrected chi connectivity index (χ0v) is 8.99. The molecular weight excluding hydrogens is 188 g/mol. The van der Waals surface area contributed by atoms with Gasteiger partial charge in [-0.15, -0.1) is 5.10 Å². The van der Waals surface area contributed by atoms with E-state index in [9.17, 15) is 0 Å². The van der Waals surface area contributed by atoms with Crippen LogP contribution in [0.2, 0.25) is 0 Å². The molecule has 1 atom stereocenters. The zero-order chi connectivity index (χ0) is 10.9. The number of anilines is 1. The van der Waals surface area contributed by atoms with E-state index in [0.717, 1.165) is 6.54 Å². The first kappa shape index (κ1) is 9.91. The Bertz CT molecular complexity index is 405. The van der Waals surface area contributed by atoms with Crippen LogP contribution in [0.1, 0.15) is 25.8 Å². The molecule has 1 aliphatic carbocycles. The van der Waals surface area contributed by atoms with Gasteiger partial charge in [0.05, 0.1) is 11.8 Å². The molecule has 0 aliphatic heterocycles. The molecule has 1 saturated carbocycles. The van der Waals surface area contributed by atoms with Crippen molar-refractivity contribution in [1.29, 1.82) is 5.26 Å². The predicted octanol–water partition coefficient (Wildman–Crippen LogP) is 1.81. The third kappa shape index (κ3) is 2.07. The van der Waals surface area contributed by atoms with Gasteiger partial charge in [-0.3, -0.25) is 0 Å². The molecule has 78 valence electrons. The Morgan fingerprint density at radius 2 is 2.40 bits per heavy atom. The average molecular weight is 202 g/mol. The van der Waals surface area contributed by atoms with Gasteiger partial charge in [0.15, 0.2) is 5.82 Å². The van der Waals surface area contributed by atoms with E-state index in [-0.39, 0.29) is 0 Å². The lowest BCUT2D eigenvalue weighted by molar-refractivity contribution is 0.572. The van der Waals surface area contributed by atoms with Gasteiger partial charge >= 0.3 is 0 Å². The van der Waals surface area contributed by atoms with Gasteiger partial charge in [0.1, 0.15) is 6.07 Å². The van der Waals surface area contributed by atoms with Crippen molar-refractivity contribution >= 4 is 5.82 Å². The van der Waals surface area contributed by atoms with Gasteiger partial charge in [0, 0.05) is 6.54 Å². The molecular formula is C11H14N4. The quantitative estimate of drug-likeness (QED) is 0.812. The van der Waals surface area contributed by atoms with E-state index < -0.39 is 0 Å². The SMILES string of the molecule is CC1(C)CC1CNc1nnccc1C#N. The fourth-order valence-corrected chi connectivity index (χ4v) is 1.70. The molecule has 4 heteroatoms. The third-order valence-corrected chi connectivity index (χ3v) is 3.07. The maximum absolute atomic E-state index is 8.84. The highest BCUT2D eigenvalue weighted by molar-refractivity contribution is 5.50. The fourth-order valence-electron chi connectivity index (χ4n) is 1.70. The number of hydrogen-bond donors (Lipinski definition) is 1. The van der Waals surface area contributed by atoms with Crippen molar-refractivity contribution in [2.45, 2.75) is 20.3 Å². The van der Waals surface area contributed by atoms with Crippen LogP contribution >= 0.6 is 0 Å². The van der Waals surface area contributed by atoms with Crippen molar-refractivity contribution in [3.8, 4) is 6.07 Å². The molecule has 0 saturated heterocycles. The molecule has 0 spiro atoms. The van der Waals surface area contributed by atoms with E-state index in [2.05, 4.69) is 35.4 Å². The van der Waals surface area contributed by atoms with Crippen LogP contribution in [0.3, 0.4) is 0 Å². The summed E-state index contributed by atoms with van der Waals surface area (Å²) < 4.78 is 0. The molecule has 2 rings (SSSR count). The van der Waals surface area contributed by atoms with Crippen LogP contribution in [-0.4, -0.2) is 16.7 Å². The van der Waals surface area contributed by atoms with Gasteiger partial charge in [0.25, 0.3) is 0 Å². The van der Waals surface area contributed by atoms with Crippen molar-refractivity contribution in [2.24, 2.45) is 11.3 Å². The topological polar surface area (TPSA) is 61.6 Å². The van der Waals surface area contributed by atoms with E-state index in [4.69, 9.17) is 5.26 Å². The van der Waals surface area contributed by atoms with Gasteiger partial charge in [-0.05, 0) is 23.8 Å². The van der Waals surface area contributed by atoms with Crippen molar-refractivity contribution in [3.05, 3.63) is 17.8 Å². The molecule has 15 heavy (non-hydrogen) atoms. The summed E-state index contributed by atoms with van der Waals surface area (Å²) >= 11 is 0. The summed E-state index contributed by atoms with van der Waals surface area (Å²) in [4.78, 5) is 0. The first-order chi connectivity index (χ1) is 7.13. The number of hydrogen-bond acceptors (Lipinski definition) is 4. The number of rotatable bonds is 3. The van der Waals surface area contributed by atoms with Crippen molar-refractivity contribution in [3.63, 3.8) is 0 Å². The Hall–Kier alpha value is -1.63. The minimum atomic E-state index is 0.446. The minimum absolute atomic E-state index is 0.446. The second kappa shape index (κ2) is 3.50. The summed E-state index contributed by atoms with van der Waals surface area (Å²) in [6, 6.07) is 3.77. The van der Waals surface area contributed by atoms with E-state index in [1.165, 1.54) is 12.6 Å². The van der Waals surface area contributed by atoms with Crippen LogP contribution in [0.4, 0.5) is 5.82 Å². The van der Waals surface area contributed by atoms with E-state index >= 15 is 0 Å². The normalized spacial score (nSPS) is 21.8. The van der Waals surface area contributed by atoms with E-state index in [1.54, 1.807) is 6.07 Å². The molecule has 1 aromatic heterocycles. The summed E-state index contributed by atoms with van der Waals surface area (Å²) in [6.07, 6.45) is 2.77. The summed E-state index contributed by atoms with van der Waals surface area (Å²) in [5.74, 6) is 1.29. The monoisotopic (exact) mass is 202 g/mol. The number of nitrogens with one attached hydrogen (secondary N) is 1. The molecule has 1 heterocycles. The second-order valence-corrected chi connectivity index (χ2v) is 4.68. The predicted molar refractivity (Wildman–Crippen MR) is 57.1 cm³/mol. The molecule has 1 N–H and O–H groups in total. The lowest BCUT2D eigenvalue weighted by atomic mass is 10.1. The Labute approximate surface area is 89.3 Å². The fraction of sp³-hybridized carbons (Fsp3) is 0.545. The number of nitriles is 1. The largest absolute Gasteiger partial charge is 0.367 e. The number of aromatic nitrogens is 2. The summed E-state index contributed by atoms with van der Waals surface area (Å²) in [7, 11) is 0. The summed E-state index contributed by atoms with van der Waals surface area (Å²) in [5.41, 5.74) is 1.01. The van der Waals surface area contributed by atoms with Crippen LogP contribution in [0.15, 0.2) is 12.3 Å². The summed E-state index contributed by atoms with van der Waals surface area (Å²) in [6.45, 7) is 5.38. The van der Waals surface area contributed by atoms with Crippen LogP contribution in [0.25, 0.3) is 0 Å². The Morgan fingerprint density at radius 3 is 3.00 bits per heavy atom. The van der Waals surface area contributed by atoms with Gasteiger partial charge in [-0.1, -0.05) is 13.8 Å².